The van der Waals surface area contributed by atoms with Crippen LogP contribution in [0.2, 0.25) is 0 Å². The molecule has 1 unspecified atom stereocenters. The number of nitrogens with zero attached hydrogens (tertiary/aromatic N) is 1. The Labute approximate surface area is 115 Å². The van der Waals surface area contributed by atoms with Crippen molar-refractivity contribution in [3.8, 4) is 0 Å². The zero-order valence-corrected chi connectivity index (χ0v) is 12.3. The zero-order chi connectivity index (χ0) is 14.3. The normalized spacial score (nSPS) is 19.8. The van der Waals surface area contributed by atoms with Gasteiger partial charge in [0.15, 0.2) is 0 Å². The Kier molecular flexibility index (Phi) is 6.74. The van der Waals surface area contributed by atoms with Crippen molar-refractivity contribution in [1.82, 2.24) is 9.03 Å². The highest BCUT2D eigenvalue weighted by atomic mass is 32.2. The van der Waals surface area contributed by atoms with Crippen LogP contribution < -0.4 is 4.72 Å². The molecule has 7 heteroatoms. The van der Waals surface area contributed by atoms with Gasteiger partial charge < -0.3 is 5.11 Å². The van der Waals surface area contributed by atoms with E-state index < -0.39 is 16.2 Å². The van der Waals surface area contributed by atoms with Crippen molar-refractivity contribution < 1.29 is 18.3 Å². The van der Waals surface area contributed by atoms with Crippen molar-refractivity contribution >= 4 is 16.2 Å². The number of carboxylic acid groups (broad SMARTS) is 1. The smallest absolute Gasteiger partial charge is 0.303 e. The minimum Gasteiger partial charge on any atom is -0.481 e. The summed E-state index contributed by atoms with van der Waals surface area (Å²) in [6, 6.07) is 0. The molecule has 1 heterocycles. The number of carbonyl (C=O) groups is 1. The summed E-state index contributed by atoms with van der Waals surface area (Å²) in [5.74, 6) is -1.04. The van der Waals surface area contributed by atoms with Crippen LogP contribution in [0.1, 0.15) is 45.4 Å². The van der Waals surface area contributed by atoms with Crippen molar-refractivity contribution in [2.45, 2.75) is 45.4 Å². The molecule has 0 aromatic heterocycles. The Morgan fingerprint density at radius 2 is 1.84 bits per heavy atom. The van der Waals surface area contributed by atoms with Gasteiger partial charge in [-0.15, -0.1) is 0 Å². The fraction of sp³-hybridized carbons (Fsp3) is 0.917. The van der Waals surface area contributed by atoms with Crippen LogP contribution in [0.15, 0.2) is 0 Å². The molecule has 19 heavy (non-hydrogen) atoms. The van der Waals surface area contributed by atoms with E-state index in [1.807, 2.05) is 6.92 Å². The maximum atomic E-state index is 12.1. The summed E-state index contributed by atoms with van der Waals surface area (Å²) in [5.41, 5.74) is 0. The van der Waals surface area contributed by atoms with E-state index in [9.17, 15) is 13.2 Å². The summed E-state index contributed by atoms with van der Waals surface area (Å²) in [6.45, 7) is 3.19. The van der Waals surface area contributed by atoms with Gasteiger partial charge >= 0.3 is 5.97 Å². The average molecular weight is 292 g/mol. The van der Waals surface area contributed by atoms with E-state index in [1.54, 1.807) is 0 Å². The predicted octanol–water partition coefficient (Wildman–Crippen LogP) is 1.20. The molecule has 0 spiro atoms. The molecule has 1 rings (SSSR count). The molecule has 1 saturated heterocycles. The lowest BCUT2D eigenvalue weighted by molar-refractivity contribution is -0.138. The summed E-state index contributed by atoms with van der Waals surface area (Å²) >= 11 is 0. The zero-order valence-electron chi connectivity index (χ0n) is 11.5. The molecule has 0 saturated carbocycles. The molecule has 112 valence electrons. The maximum absolute atomic E-state index is 12.1. The SMILES string of the molecule is CCC(CNS(=O)(=O)N1CCCCCC1)CC(=O)O. The van der Waals surface area contributed by atoms with Gasteiger partial charge in [0, 0.05) is 26.1 Å². The maximum Gasteiger partial charge on any atom is 0.303 e. The van der Waals surface area contributed by atoms with Gasteiger partial charge in [-0.2, -0.15) is 12.7 Å². The van der Waals surface area contributed by atoms with Crippen LogP contribution in [-0.4, -0.2) is 43.4 Å². The summed E-state index contributed by atoms with van der Waals surface area (Å²) in [5, 5.41) is 8.74. The molecule has 2 N–H and O–H groups in total. The first-order chi connectivity index (χ1) is 8.95. The van der Waals surface area contributed by atoms with Crippen molar-refractivity contribution in [2.24, 2.45) is 5.92 Å². The monoisotopic (exact) mass is 292 g/mol. The Morgan fingerprint density at radius 3 is 2.32 bits per heavy atom. The van der Waals surface area contributed by atoms with E-state index >= 15 is 0 Å². The van der Waals surface area contributed by atoms with E-state index in [2.05, 4.69) is 4.72 Å². The number of hydrogen-bond acceptors (Lipinski definition) is 3. The molecule has 0 amide bonds. The molecule has 1 atom stereocenters. The standard InChI is InChI=1S/C12H24N2O4S/c1-2-11(9-12(15)16)10-13-19(17,18)14-7-5-3-4-6-8-14/h11,13H,2-10H2,1H3,(H,15,16). The van der Waals surface area contributed by atoms with Crippen molar-refractivity contribution in [3.05, 3.63) is 0 Å². The largest absolute Gasteiger partial charge is 0.481 e. The van der Waals surface area contributed by atoms with Gasteiger partial charge in [-0.3, -0.25) is 4.79 Å². The van der Waals surface area contributed by atoms with Crippen LogP contribution in [0.5, 0.6) is 0 Å². The lowest BCUT2D eigenvalue weighted by Gasteiger charge is -2.22. The number of hydrogen-bond donors (Lipinski definition) is 2. The summed E-state index contributed by atoms with van der Waals surface area (Å²) in [6.07, 6.45) is 4.58. The van der Waals surface area contributed by atoms with Gasteiger partial charge in [0.1, 0.15) is 0 Å². The fourth-order valence-electron chi connectivity index (χ4n) is 2.20. The number of rotatable bonds is 7. The summed E-state index contributed by atoms with van der Waals surface area (Å²) in [4.78, 5) is 10.7. The molecular weight excluding hydrogens is 268 g/mol. The molecule has 0 radical (unpaired) electrons. The van der Waals surface area contributed by atoms with E-state index in [1.165, 1.54) is 4.31 Å². The number of nitrogens with one attached hydrogen (secondary N) is 1. The second-order valence-corrected chi connectivity index (χ2v) is 6.79. The van der Waals surface area contributed by atoms with E-state index in [4.69, 9.17) is 5.11 Å². The molecule has 0 aromatic carbocycles. The van der Waals surface area contributed by atoms with Crippen LogP contribution in [0.25, 0.3) is 0 Å². The highest BCUT2D eigenvalue weighted by molar-refractivity contribution is 7.87. The van der Waals surface area contributed by atoms with Gasteiger partial charge in [-0.1, -0.05) is 26.2 Å². The third-order valence-corrected chi connectivity index (χ3v) is 5.08. The van der Waals surface area contributed by atoms with Crippen molar-refractivity contribution in [3.63, 3.8) is 0 Å². The van der Waals surface area contributed by atoms with Gasteiger partial charge in [0.25, 0.3) is 10.2 Å². The molecule has 0 aliphatic carbocycles. The number of carboxylic acids is 1. The number of aliphatic carboxylic acids is 1. The lowest BCUT2D eigenvalue weighted by atomic mass is 10.0. The molecule has 1 aliphatic heterocycles. The lowest BCUT2D eigenvalue weighted by Crippen LogP contribution is -2.43. The summed E-state index contributed by atoms with van der Waals surface area (Å²) < 4.78 is 28.3. The highest BCUT2D eigenvalue weighted by Gasteiger charge is 2.23. The van der Waals surface area contributed by atoms with E-state index in [0.29, 0.717) is 19.5 Å². The van der Waals surface area contributed by atoms with Crippen molar-refractivity contribution in [2.75, 3.05) is 19.6 Å². The molecule has 6 nitrogen and oxygen atoms in total. The van der Waals surface area contributed by atoms with Crippen LogP contribution in [0.4, 0.5) is 0 Å². The van der Waals surface area contributed by atoms with Crippen LogP contribution >= 0.6 is 0 Å². The van der Waals surface area contributed by atoms with Crippen LogP contribution in [0.3, 0.4) is 0 Å². The van der Waals surface area contributed by atoms with E-state index in [-0.39, 0.29) is 18.9 Å². The fourth-order valence-corrected chi connectivity index (χ4v) is 3.57. The summed E-state index contributed by atoms with van der Waals surface area (Å²) in [7, 11) is -3.46. The molecular formula is C12H24N2O4S. The van der Waals surface area contributed by atoms with Gasteiger partial charge in [0.2, 0.25) is 0 Å². The van der Waals surface area contributed by atoms with Gasteiger partial charge in [0.05, 0.1) is 0 Å². The first kappa shape index (κ1) is 16.4. The molecule has 1 fully saturated rings. The molecule has 0 aromatic rings. The Hall–Kier alpha value is -0.660. The topological polar surface area (TPSA) is 86.7 Å². The first-order valence-corrected chi connectivity index (χ1v) is 8.36. The van der Waals surface area contributed by atoms with Crippen LogP contribution in [-0.2, 0) is 15.0 Å². The van der Waals surface area contributed by atoms with Gasteiger partial charge in [-0.25, -0.2) is 4.72 Å². The Morgan fingerprint density at radius 1 is 1.26 bits per heavy atom. The highest BCUT2D eigenvalue weighted by Crippen LogP contribution is 2.13. The second kappa shape index (κ2) is 7.81. The second-order valence-electron chi connectivity index (χ2n) is 5.04. The minimum atomic E-state index is -3.46. The first-order valence-electron chi connectivity index (χ1n) is 6.92. The van der Waals surface area contributed by atoms with Crippen molar-refractivity contribution in [1.29, 1.82) is 0 Å². The van der Waals surface area contributed by atoms with E-state index in [0.717, 1.165) is 25.7 Å². The third kappa shape index (κ3) is 5.88. The molecule has 0 bridgehead atoms. The molecule has 1 aliphatic rings. The average Bonchev–Trinajstić information content (AvgIpc) is 2.63. The third-order valence-electron chi connectivity index (χ3n) is 3.50. The Bertz CT molecular complexity index is 375. The minimum absolute atomic E-state index is 0.000972. The van der Waals surface area contributed by atoms with Crippen LogP contribution in [0, 0.1) is 5.92 Å². The quantitative estimate of drug-likeness (QED) is 0.738. The predicted molar refractivity (Wildman–Crippen MR) is 73.0 cm³/mol. The van der Waals surface area contributed by atoms with Gasteiger partial charge in [-0.05, 0) is 18.8 Å². The Balaban J connectivity index is 2.50.